The number of hydrogen-bond acceptors (Lipinski definition) is 0. The summed E-state index contributed by atoms with van der Waals surface area (Å²) >= 11 is 0. The van der Waals surface area contributed by atoms with Crippen molar-refractivity contribution in [1.29, 1.82) is 0 Å². The van der Waals surface area contributed by atoms with Crippen LogP contribution in [-0.4, -0.2) is 0 Å². The summed E-state index contributed by atoms with van der Waals surface area (Å²) in [6.07, 6.45) is 3.12. The lowest BCUT2D eigenvalue weighted by molar-refractivity contribution is 0.317. The summed E-state index contributed by atoms with van der Waals surface area (Å²) in [6.45, 7) is 2.37. The first-order valence-corrected chi connectivity index (χ1v) is 2.88. The fourth-order valence-corrected chi connectivity index (χ4v) is 1.70. The average Bonchev–Trinajstić information content (AvgIpc) is 2.12. The van der Waals surface area contributed by atoms with E-state index in [1.807, 2.05) is 0 Å². The van der Waals surface area contributed by atoms with Crippen LogP contribution in [0.5, 0.6) is 0 Å². The predicted octanol–water partition coefficient (Wildman–Crippen LogP) is 1.66. The van der Waals surface area contributed by atoms with E-state index >= 15 is 0 Å². The Morgan fingerprint density at radius 1 is 1.33 bits per heavy atom. The summed E-state index contributed by atoms with van der Waals surface area (Å²) in [5.41, 5.74) is 0. The molecule has 2 aliphatic carbocycles. The van der Waals surface area contributed by atoms with Crippen molar-refractivity contribution in [2.75, 3.05) is 0 Å². The van der Waals surface area contributed by atoms with Crippen LogP contribution < -0.4 is 0 Å². The van der Waals surface area contributed by atoms with Gasteiger partial charge in [0.2, 0.25) is 0 Å². The maximum absolute atomic E-state index is 2.37. The molecular formula is C6H10. The predicted molar refractivity (Wildman–Crippen MR) is 25.4 cm³/mol. The molecule has 0 nitrogen and oxygen atoms in total. The smallest absolute Gasteiger partial charge is 0.0357 e. The van der Waals surface area contributed by atoms with Crippen molar-refractivity contribution in [3.63, 3.8) is 0 Å². The minimum absolute atomic E-state index is 1.11. The first kappa shape index (κ1) is 3.06. The summed E-state index contributed by atoms with van der Waals surface area (Å²) in [4.78, 5) is 0. The first-order chi connectivity index (χ1) is 2.88. The summed E-state index contributed by atoms with van der Waals surface area (Å²) in [5, 5.41) is 0. The fourth-order valence-electron chi connectivity index (χ4n) is 1.70. The topological polar surface area (TPSA) is 0 Å². The lowest BCUT2D eigenvalue weighted by Crippen LogP contribution is -2.10. The van der Waals surface area contributed by atoms with E-state index < -0.39 is 0 Å². The Morgan fingerprint density at radius 2 is 2.17 bits per heavy atom. The minimum Gasteiger partial charge on any atom is -0.0622 e. The summed E-state index contributed by atoms with van der Waals surface area (Å²) < 4.78 is 0. The lowest BCUT2D eigenvalue weighted by atomic mass is 9.88. The molecule has 2 saturated carbocycles. The van der Waals surface area contributed by atoms with Gasteiger partial charge in [0, 0.05) is 0 Å². The van der Waals surface area contributed by atoms with Gasteiger partial charge in [0.1, 0.15) is 0 Å². The van der Waals surface area contributed by atoms with Gasteiger partial charge in [-0.25, -0.2) is 0 Å². The second kappa shape index (κ2) is 0.661. The second-order valence-electron chi connectivity index (χ2n) is 2.87. The third-order valence-corrected chi connectivity index (χ3v) is 2.38. The van der Waals surface area contributed by atoms with Gasteiger partial charge in [-0.05, 0) is 30.6 Å². The molecule has 0 amide bonds. The Balaban J connectivity index is 2.08. The van der Waals surface area contributed by atoms with Crippen LogP contribution in [0, 0.1) is 17.8 Å². The third kappa shape index (κ3) is 0.184. The molecule has 34 valence electrons. The van der Waals surface area contributed by atoms with Crippen LogP contribution >= 0.6 is 0 Å². The zero-order chi connectivity index (χ0) is 4.15. The van der Waals surface area contributed by atoms with E-state index in [1.165, 1.54) is 11.8 Å². The van der Waals surface area contributed by atoms with Gasteiger partial charge < -0.3 is 0 Å². The minimum atomic E-state index is 1.11. The van der Waals surface area contributed by atoms with Gasteiger partial charge in [0.05, 0.1) is 0 Å². The molecule has 2 aliphatic rings. The van der Waals surface area contributed by atoms with Gasteiger partial charge in [-0.3, -0.25) is 0 Å². The Bertz CT molecular complexity index is 76.1. The van der Waals surface area contributed by atoms with E-state index in [2.05, 4.69) is 6.92 Å². The van der Waals surface area contributed by atoms with Gasteiger partial charge in [-0.15, -0.1) is 0 Å². The fraction of sp³-hybridized carbons (Fsp3) is 1.00. The molecule has 2 rings (SSSR count). The molecule has 0 aromatic heterocycles. The molecule has 3 atom stereocenters. The Morgan fingerprint density at radius 3 is 2.17 bits per heavy atom. The second-order valence-corrected chi connectivity index (χ2v) is 2.87. The molecular weight excluding hydrogens is 72.1 g/mol. The maximum atomic E-state index is 2.37. The van der Waals surface area contributed by atoms with Crippen molar-refractivity contribution in [1.82, 2.24) is 0 Å². The molecule has 0 spiro atoms. The van der Waals surface area contributed by atoms with Gasteiger partial charge >= 0.3 is 0 Å². The third-order valence-electron chi connectivity index (χ3n) is 2.38. The van der Waals surface area contributed by atoms with Crippen LogP contribution in [0.25, 0.3) is 0 Å². The van der Waals surface area contributed by atoms with Crippen molar-refractivity contribution >= 4 is 0 Å². The van der Waals surface area contributed by atoms with Crippen molar-refractivity contribution in [3.05, 3.63) is 0 Å². The van der Waals surface area contributed by atoms with Gasteiger partial charge in [-0.1, -0.05) is 6.92 Å². The number of rotatable bonds is 0. The lowest BCUT2D eigenvalue weighted by Gasteiger charge is -2.18. The van der Waals surface area contributed by atoms with Crippen LogP contribution in [0.4, 0.5) is 0 Å². The van der Waals surface area contributed by atoms with E-state index in [0.717, 1.165) is 5.92 Å². The van der Waals surface area contributed by atoms with Crippen molar-refractivity contribution < 1.29 is 0 Å². The molecule has 0 unspecified atom stereocenters. The van der Waals surface area contributed by atoms with E-state index in [0.29, 0.717) is 0 Å². The molecule has 6 heavy (non-hydrogen) atoms. The quantitative estimate of drug-likeness (QED) is 0.417. The molecule has 0 saturated heterocycles. The highest BCUT2D eigenvalue weighted by Gasteiger charge is 2.50. The molecule has 0 aromatic rings. The van der Waals surface area contributed by atoms with Crippen LogP contribution in [0.2, 0.25) is 0 Å². The van der Waals surface area contributed by atoms with Crippen molar-refractivity contribution in [2.24, 2.45) is 17.8 Å². The Hall–Kier alpha value is 0. The van der Waals surface area contributed by atoms with Crippen molar-refractivity contribution in [2.45, 2.75) is 19.8 Å². The first-order valence-electron chi connectivity index (χ1n) is 2.88. The number of fused-ring (bicyclic) bond motifs is 1. The van der Waals surface area contributed by atoms with Crippen LogP contribution in [0.15, 0.2) is 0 Å². The zero-order valence-corrected chi connectivity index (χ0v) is 4.15. The van der Waals surface area contributed by atoms with Crippen molar-refractivity contribution in [3.8, 4) is 0 Å². The summed E-state index contributed by atoms with van der Waals surface area (Å²) in [6, 6.07) is 0. The Labute approximate surface area is 38.6 Å². The van der Waals surface area contributed by atoms with Gasteiger partial charge in [0.15, 0.2) is 0 Å². The van der Waals surface area contributed by atoms with Gasteiger partial charge in [0.25, 0.3) is 0 Å². The highest BCUT2D eigenvalue weighted by molar-refractivity contribution is 5.00. The molecule has 0 aliphatic heterocycles. The molecule has 0 heterocycles. The highest BCUT2D eigenvalue weighted by Crippen LogP contribution is 2.59. The molecule has 0 heteroatoms. The van der Waals surface area contributed by atoms with Crippen LogP contribution in [0.3, 0.4) is 0 Å². The molecule has 2 fully saturated rings. The average molecular weight is 82.1 g/mol. The molecule has 0 aromatic carbocycles. The molecule has 0 radical (unpaired) electrons. The zero-order valence-electron chi connectivity index (χ0n) is 4.15. The number of hydrogen-bond donors (Lipinski definition) is 0. The van der Waals surface area contributed by atoms with E-state index in [9.17, 15) is 0 Å². The highest BCUT2D eigenvalue weighted by atomic mass is 14.6. The Kier molecular flexibility index (Phi) is 0.337. The summed E-state index contributed by atoms with van der Waals surface area (Å²) in [7, 11) is 0. The standard InChI is InChI=1S/C6H10/c1-4-2-5-3-6(4)5/h4-6H,2-3H2,1H3/t4-,5-,6-/m0/s1. The SMILES string of the molecule is C[C@H]1C[C@H]2C[C@H]21. The van der Waals surface area contributed by atoms with E-state index in [1.54, 1.807) is 12.8 Å². The summed E-state index contributed by atoms with van der Waals surface area (Å²) in [5.74, 6) is 3.51. The largest absolute Gasteiger partial charge is 0.0622 e. The van der Waals surface area contributed by atoms with E-state index in [4.69, 9.17) is 0 Å². The monoisotopic (exact) mass is 82.1 g/mol. The maximum Gasteiger partial charge on any atom is -0.0357 e. The normalized spacial score (nSPS) is 62.5. The van der Waals surface area contributed by atoms with Crippen LogP contribution in [-0.2, 0) is 0 Å². The molecule has 0 bridgehead atoms. The van der Waals surface area contributed by atoms with Gasteiger partial charge in [-0.2, -0.15) is 0 Å². The van der Waals surface area contributed by atoms with E-state index in [-0.39, 0.29) is 0 Å². The molecule has 0 N–H and O–H groups in total. The van der Waals surface area contributed by atoms with Crippen LogP contribution in [0.1, 0.15) is 19.8 Å².